The molecule has 2 aromatic rings. The summed E-state index contributed by atoms with van der Waals surface area (Å²) in [7, 11) is -4.41. The standard InChI is InChI=1S/C14H9F3O3S/c15-9-5-6-12(17)14(7-9)21(19,20)8-13(18)10-3-1-2-4-11(10)16/h1-7H,8H2. The molecule has 0 atom stereocenters. The molecule has 0 aromatic heterocycles. The van der Waals surface area contributed by atoms with Gasteiger partial charge in [-0.3, -0.25) is 4.79 Å². The molecule has 0 fully saturated rings. The molecule has 0 heterocycles. The van der Waals surface area contributed by atoms with Crippen molar-refractivity contribution in [2.45, 2.75) is 4.90 Å². The molecular formula is C14H9F3O3S. The fraction of sp³-hybridized carbons (Fsp3) is 0.0714. The third-order valence-corrected chi connectivity index (χ3v) is 4.35. The maximum atomic E-state index is 13.5. The number of benzene rings is 2. The molecule has 2 rings (SSSR count). The Kier molecular flexibility index (Phi) is 4.13. The first-order valence-electron chi connectivity index (χ1n) is 5.77. The zero-order valence-corrected chi connectivity index (χ0v) is 11.3. The smallest absolute Gasteiger partial charge is 0.188 e. The third-order valence-electron chi connectivity index (χ3n) is 2.72. The third kappa shape index (κ3) is 3.30. The summed E-state index contributed by atoms with van der Waals surface area (Å²) in [5.74, 6) is -5.17. The first-order chi connectivity index (χ1) is 9.81. The zero-order chi connectivity index (χ0) is 15.6. The summed E-state index contributed by atoms with van der Waals surface area (Å²) in [5, 5.41) is 0. The molecule has 0 aliphatic heterocycles. The SMILES string of the molecule is O=C(CS(=O)(=O)c1cc(F)ccc1F)c1ccccc1F. The lowest BCUT2D eigenvalue weighted by molar-refractivity contribution is 0.101. The van der Waals surface area contributed by atoms with Crippen LogP contribution in [0, 0.1) is 17.5 Å². The molecule has 7 heteroatoms. The van der Waals surface area contributed by atoms with Crippen molar-refractivity contribution in [1.29, 1.82) is 0 Å². The van der Waals surface area contributed by atoms with Crippen LogP contribution in [0.15, 0.2) is 47.4 Å². The van der Waals surface area contributed by atoms with Gasteiger partial charge in [0.25, 0.3) is 0 Å². The molecule has 0 bridgehead atoms. The Balaban J connectivity index is 2.36. The Morgan fingerprint density at radius 2 is 1.62 bits per heavy atom. The average molecular weight is 314 g/mol. The summed E-state index contributed by atoms with van der Waals surface area (Å²) in [4.78, 5) is 10.9. The minimum atomic E-state index is -4.41. The van der Waals surface area contributed by atoms with E-state index in [0.29, 0.717) is 12.1 Å². The minimum Gasteiger partial charge on any atom is -0.293 e. The second kappa shape index (κ2) is 5.69. The van der Waals surface area contributed by atoms with Gasteiger partial charge in [0.2, 0.25) is 0 Å². The normalized spacial score (nSPS) is 11.4. The van der Waals surface area contributed by atoms with E-state index in [1.54, 1.807) is 0 Å². The Morgan fingerprint density at radius 3 is 2.29 bits per heavy atom. The molecule has 0 saturated heterocycles. The first kappa shape index (κ1) is 15.2. The van der Waals surface area contributed by atoms with Crippen molar-refractivity contribution in [3.63, 3.8) is 0 Å². The fourth-order valence-electron chi connectivity index (χ4n) is 1.73. The van der Waals surface area contributed by atoms with E-state index in [4.69, 9.17) is 0 Å². The molecule has 21 heavy (non-hydrogen) atoms. The summed E-state index contributed by atoms with van der Waals surface area (Å²) in [6, 6.07) is 6.72. The van der Waals surface area contributed by atoms with Crippen LogP contribution in [0.5, 0.6) is 0 Å². The number of carbonyl (C=O) groups excluding carboxylic acids is 1. The Bertz CT molecular complexity index is 801. The number of carbonyl (C=O) groups is 1. The maximum absolute atomic E-state index is 13.5. The molecule has 0 saturated carbocycles. The maximum Gasteiger partial charge on any atom is 0.188 e. The van der Waals surface area contributed by atoms with Crippen molar-refractivity contribution < 1.29 is 26.4 Å². The first-order valence-corrected chi connectivity index (χ1v) is 7.42. The van der Waals surface area contributed by atoms with Gasteiger partial charge < -0.3 is 0 Å². The number of Topliss-reactive ketones (excluding diaryl/α,β-unsaturated/α-hetero) is 1. The van der Waals surface area contributed by atoms with Crippen LogP contribution in [-0.2, 0) is 9.84 Å². The van der Waals surface area contributed by atoms with Gasteiger partial charge in [-0.05, 0) is 30.3 Å². The van der Waals surface area contributed by atoms with E-state index in [9.17, 15) is 26.4 Å². The van der Waals surface area contributed by atoms with Gasteiger partial charge in [0, 0.05) is 0 Å². The highest BCUT2D eigenvalue weighted by Crippen LogP contribution is 2.19. The van der Waals surface area contributed by atoms with Gasteiger partial charge in [-0.1, -0.05) is 12.1 Å². The number of rotatable bonds is 4. The molecule has 0 aliphatic rings. The van der Waals surface area contributed by atoms with E-state index in [1.165, 1.54) is 12.1 Å². The van der Waals surface area contributed by atoms with Crippen molar-refractivity contribution in [1.82, 2.24) is 0 Å². The molecule has 2 aromatic carbocycles. The van der Waals surface area contributed by atoms with E-state index < -0.39 is 49.3 Å². The molecule has 3 nitrogen and oxygen atoms in total. The van der Waals surface area contributed by atoms with E-state index in [1.807, 2.05) is 0 Å². The van der Waals surface area contributed by atoms with Gasteiger partial charge in [-0.25, -0.2) is 21.6 Å². The second-order valence-electron chi connectivity index (χ2n) is 4.24. The monoisotopic (exact) mass is 314 g/mol. The highest BCUT2D eigenvalue weighted by atomic mass is 32.2. The topological polar surface area (TPSA) is 51.2 Å². The van der Waals surface area contributed by atoms with Gasteiger partial charge in [-0.15, -0.1) is 0 Å². The molecular weight excluding hydrogens is 305 g/mol. The van der Waals surface area contributed by atoms with Crippen LogP contribution in [0.4, 0.5) is 13.2 Å². The van der Waals surface area contributed by atoms with E-state index >= 15 is 0 Å². The van der Waals surface area contributed by atoms with Gasteiger partial charge in [0.15, 0.2) is 15.6 Å². The lowest BCUT2D eigenvalue weighted by Crippen LogP contribution is -2.18. The molecule has 0 aliphatic carbocycles. The molecule has 0 unspecified atom stereocenters. The van der Waals surface area contributed by atoms with Crippen molar-refractivity contribution >= 4 is 15.6 Å². The highest BCUT2D eigenvalue weighted by Gasteiger charge is 2.25. The predicted octanol–water partition coefficient (Wildman–Crippen LogP) is 2.76. The van der Waals surface area contributed by atoms with Crippen molar-refractivity contribution in [3.8, 4) is 0 Å². The van der Waals surface area contributed by atoms with Gasteiger partial charge in [0.05, 0.1) is 5.56 Å². The lowest BCUT2D eigenvalue weighted by Gasteiger charge is -2.06. The zero-order valence-electron chi connectivity index (χ0n) is 10.5. The number of hydrogen-bond acceptors (Lipinski definition) is 3. The van der Waals surface area contributed by atoms with Gasteiger partial charge in [-0.2, -0.15) is 0 Å². The summed E-state index contributed by atoms with van der Waals surface area (Å²) in [6.45, 7) is 0. The quantitative estimate of drug-likeness (QED) is 0.815. The molecule has 0 spiro atoms. The molecule has 0 amide bonds. The molecule has 110 valence electrons. The number of hydrogen-bond donors (Lipinski definition) is 0. The summed E-state index contributed by atoms with van der Waals surface area (Å²) < 4.78 is 63.8. The van der Waals surface area contributed by atoms with Crippen LogP contribution in [0.25, 0.3) is 0 Å². The Hall–Kier alpha value is -2.15. The minimum absolute atomic E-state index is 0.419. The molecule has 0 radical (unpaired) electrons. The van der Waals surface area contributed by atoms with Crippen LogP contribution in [0.1, 0.15) is 10.4 Å². The van der Waals surface area contributed by atoms with Crippen molar-refractivity contribution in [3.05, 3.63) is 65.5 Å². The number of sulfone groups is 1. The Labute approximate surface area is 119 Å². The summed E-state index contributed by atoms with van der Waals surface area (Å²) in [5.41, 5.74) is -0.419. The van der Waals surface area contributed by atoms with E-state index in [2.05, 4.69) is 0 Å². The van der Waals surface area contributed by atoms with Crippen molar-refractivity contribution in [2.75, 3.05) is 5.75 Å². The van der Waals surface area contributed by atoms with Crippen LogP contribution in [0.2, 0.25) is 0 Å². The van der Waals surface area contributed by atoms with Crippen LogP contribution in [0.3, 0.4) is 0 Å². The fourth-order valence-corrected chi connectivity index (χ4v) is 3.04. The largest absolute Gasteiger partial charge is 0.293 e. The van der Waals surface area contributed by atoms with Gasteiger partial charge >= 0.3 is 0 Å². The van der Waals surface area contributed by atoms with Crippen LogP contribution in [-0.4, -0.2) is 20.0 Å². The molecule has 0 N–H and O–H groups in total. The Morgan fingerprint density at radius 1 is 0.952 bits per heavy atom. The number of ketones is 1. The highest BCUT2D eigenvalue weighted by molar-refractivity contribution is 7.92. The average Bonchev–Trinajstić information content (AvgIpc) is 2.41. The number of halogens is 3. The summed E-state index contributed by atoms with van der Waals surface area (Å²) >= 11 is 0. The lowest BCUT2D eigenvalue weighted by atomic mass is 10.1. The second-order valence-corrected chi connectivity index (χ2v) is 6.19. The van der Waals surface area contributed by atoms with Crippen molar-refractivity contribution in [2.24, 2.45) is 0 Å². The van der Waals surface area contributed by atoms with Crippen LogP contribution >= 0.6 is 0 Å². The predicted molar refractivity (Wildman–Crippen MR) is 69.1 cm³/mol. The van der Waals surface area contributed by atoms with E-state index in [-0.39, 0.29) is 0 Å². The van der Waals surface area contributed by atoms with Crippen LogP contribution < -0.4 is 0 Å². The summed E-state index contributed by atoms with van der Waals surface area (Å²) in [6.07, 6.45) is 0. The van der Waals surface area contributed by atoms with Gasteiger partial charge in [0.1, 0.15) is 28.1 Å². The van der Waals surface area contributed by atoms with E-state index in [0.717, 1.165) is 18.2 Å².